The Bertz CT molecular complexity index is 206. The van der Waals surface area contributed by atoms with Gasteiger partial charge in [-0.1, -0.05) is 0 Å². The summed E-state index contributed by atoms with van der Waals surface area (Å²) >= 11 is 0. The Hall–Kier alpha value is -1.14. The summed E-state index contributed by atoms with van der Waals surface area (Å²) in [5.41, 5.74) is 11.0. The van der Waals surface area contributed by atoms with Crippen LogP contribution in [0.15, 0.2) is 5.10 Å². The lowest BCUT2D eigenvalue weighted by Gasteiger charge is -2.10. The lowest BCUT2D eigenvalue weighted by atomic mass is 10.1. The first kappa shape index (κ1) is 12.9. The number of nitrogens with two attached hydrogens (primary N) is 2. The van der Waals surface area contributed by atoms with Gasteiger partial charge >= 0.3 is 5.97 Å². The molecule has 0 heterocycles. The minimum Gasteiger partial charge on any atom is -0.480 e. The molecule has 14 heavy (non-hydrogen) atoms. The number of hydrazone groups is 1. The van der Waals surface area contributed by atoms with Crippen molar-refractivity contribution in [2.24, 2.45) is 16.6 Å². The van der Waals surface area contributed by atoms with Gasteiger partial charge in [-0.2, -0.15) is 5.10 Å². The molecule has 82 valence electrons. The van der Waals surface area contributed by atoms with Gasteiger partial charge in [0.15, 0.2) is 0 Å². The van der Waals surface area contributed by atoms with E-state index in [-0.39, 0.29) is 6.04 Å². The van der Waals surface area contributed by atoms with Gasteiger partial charge in [-0.25, -0.2) is 0 Å². The minimum atomic E-state index is -0.998. The summed E-state index contributed by atoms with van der Waals surface area (Å²) in [7, 11) is 3.57. The molecular formula is C8H18N4O2. The first-order chi connectivity index (χ1) is 6.43. The smallest absolute Gasteiger partial charge is 0.320 e. The van der Waals surface area contributed by atoms with E-state index in [0.717, 1.165) is 0 Å². The van der Waals surface area contributed by atoms with E-state index in [1.54, 1.807) is 25.3 Å². The molecule has 0 aliphatic rings. The molecule has 0 aromatic heterocycles. The third kappa shape index (κ3) is 6.38. The maximum atomic E-state index is 10.4. The molecule has 0 saturated heterocycles. The van der Waals surface area contributed by atoms with E-state index in [9.17, 15) is 4.79 Å². The van der Waals surface area contributed by atoms with Gasteiger partial charge in [0.25, 0.3) is 0 Å². The second-order valence-corrected chi connectivity index (χ2v) is 3.30. The van der Waals surface area contributed by atoms with Crippen LogP contribution in [-0.4, -0.2) is 48.5 Å². The van der Waals surface area contributed by atoms with E-state index in [0.29, 0.717) is 12.8 Å². The molecule has 0 saturated carbocycles. The van der Waals surface area contributed by atoms with Gasteiger partial charge in [-0.05, 0) is 12.8 Å². The van der Waals surface area contributed by atoms with Crippen molar-refractivity contribution in [3.63, 3.8) is 0 Å². The van der Waals surface area contributed by atoms with Crippen molar-refractivity contribution in [1.29, 1.82) is 0 Å². The molecule has 6 heteroatoms. The normalized spacial score (nSPS) is 15.4. The summed E-state index contributed by atoms with van der Waals surface area (Å²) in [6.45, 7) is 0. The van der Waals surface area contributed by atoms with Crippen LogP contribution in [0.25, 0.3) is 0 Å². The molecule has 5 N–H and O–H groups in total. The molecule has 0 aromatic carbocycles. The largest absolute Gasteiger partial charge is 0.480 e. The molecule has 0 rings (SSSR count). The first-order valence-electron chi connectivity index (χ1n) is 4.39. The maximum absolute atomic E-state index is 10.4. The Kier molecular flexibility index (Phi) is 5.82. The van der Waals surface area contributed by atoms with Gasteiger partial charge in [0.2, 0.25) is 0 Å². The predicted molar refractivity (Wildman–Crippen MR) is 55.0 cm³/mol. The van der Waals surface area contributed by atoms with E-state index in [2.05, 4.69) is 5.10 Å². The van der Waals surface area contributed by atoms with Gasteiger partial charge in [0.05, 0.1) is 0 Å². The van der Waals surface area contributed by atoms with E-state index in [1.165, 1.54) is 0 Å². The SMILES string of the molecule is CN(C)N=CC(N)CC[C@H](N)C(=O)O. The Morgan fingerprint density at radius 3 is 2.50 bits per heavy atom. The second kappa shape index (κ2) is 6.33. The van der Waals surface area contributed by atoms with Gasteiger partial charge in [-0.15, -0.1) is 0 Å². The fourth-order valence-corrected chi connectivity index (χ4v) is 0.789. The Morgan fingerprint density at radius 1 is 1.50 bits per heavy atom. The molecule has 6 nitrogen and oxygen atoms in total. The molecule has 0 fully saturated rings. The summed E-state index contributed by atoms with van der Waals surface area (Å²) in [6, 6.07) is -1.09. The zero-order chi connectivity index (χ0) is 11.1. The molecule has 0 aromatic rings. The van der Waals surface area contributed by atoms with Gasteiger partial charge < -0.3 is 21.6 Å². The highest BCUT2D eigenvalue weighted by Crippen LogP contribution is 1.97. The molecule has 0 aliphatic heterocycles. The Balaban J connectivity index is 3.74. The van der Waals surface area contributed by atoms with Crippen LogP contribution >= 0.6 is 0 Å². The van der Waals surface area contributed by atoms with Crippen LogP contribution < -0.4 is 11.5 Å². The lowest BCUT2D eigenvalue weighted by molar-refractivity contribution is -0.138. The molecular weight excluding hydrogens is 184 g/mol. The quantitative estimate of drug-likeness (QED) is 0.380. The Morgan fingerprint density at radius 2 is 2.07 bits per heavy atom. The third-order valence-corrected chi connectivity index (χ3v) is 1.62. The van der Waals surface area contributed by atoms with Crippen molar-refractivity contribution in [1.82, 2.24) is 5.01 Å². The number of hydrogen-bond acceptors (Lipinski definition) is 5. The molecule has 1 unspecified atom stereocenters. The average molecular weight is 202 g/mol. The highest BCUT2D eigenvalue weighted by atomic mass is 16.4. The Labute approximate surface area is 83.6 Å². The number of nitrogens with zero attached hydrogens (tertiary/aromatic N) is 2. The molecule has 0 spiro atoms. The summed E-state index contributed by atoms with van der Waals surface area (Å²) in [4.78, 5) is 10.4. The second-order valence-electron chi connectivity index (χ2n) is 3.30. The van der Waals surface area contributed by atoms with E-state index < -0.39 is 12.0 Å². The van der Waals surface area contributed by atoms with Crippen LogP contribution in [-0.2, 0) is 4.79 Å². The number of hydrogen-bond donors (Lipinski definition) is 3. The number of carboxylic acid groups (broad SMARTS) is 1. The summed E-state index contributed by atoms with van der Waals surface area (Å²) in [5, 5.41) is 14.1. The highest BCUT2D eigenvalue weighted by Gasteiger charge is 2.12. The van der Waals surface area contributed by atoms with Crippen LogP contribution in [0.4, 0.5) is 0 Å². The van der Waals surface area contributed by atoms with Crippen LogP contribution in [0.1, 0.15) is 12.8 Å². The van der Waals surface area contributed by atoms with Crippen LogP contribution in [0.2, 0.25) is 0 Å². The summed E-state index contributed by atoms with van der Waals surface area (Å²) in [5.74, 6) is -0.998. The first-order valence-corrected chi connectivity index (χ1v) is 4.39. The minimum absolute atomic E-state index is 0.247. The molecule has 0 amide bonds. The fourth-order valence-electron chi connectivity index (χ4n) is 0.789. The number of carboxylic acids is 1. The van der Waals surface area contributed by atoms with Gasteiger partial charge in [0, 0.05) is 26.4 Å². The van der Waals surface area contributed by atoms with Crippen LogP contribution in [0, 0.1) is 0 Å². The van der Waals surface area contributed by atoms with Crippen molar-refractivity contribution >= 4 is 12.2 Å². The molecule has 2 atom stereocenters. The van der Waals surface area contributed by atoms with E-state index in [1.807, 2.05) is 0 Å². The highest BCUT2D eigenvalue weighted by molar-refractivity contribution is 5.73. The predicted octanol–water partition coefficient (Wildman–Crippen LogP) is -0.947. The monoisotopic (exact) mass is 202 g/mol. The summed E-state index contributed by atoms with van der Waals surface area (Å²) in [6.07, 6.45) is 2.45. The van der Waals surface area contributed by atoms with E-state index in [4.69, 9.17) is 16.6 Å². The van der Waals surface area contributed by atoms with Crippen LogP contribution in [0.3, 0.4) is 0 Å². The molecule has 0 radical (unpaired) electrons. The third-order valence-electron chi connectivity index (χ3n) is 1.62. The lowest BCUT2D eigenvalue weighted by Crippen LogP contribution is -2.33. The fraction of sp³-hybridized carbons (Fsp3) is 0.750. The molecule has 0 bridgehead atoms. The van der Waals surface area contributed by atoms with Crippen molar-refractivity contribution in [3.05, 3.63) is 0 Å². The van der Waals surface area contributed by atoms with Crippen LogP contribution in [0.5, 0.6) is 0 Å². The standard InChI is InChI=1S/C8H18N4O2/c1-12(2)11-5-6(9)3-4-7(10)8(13)14/h5-7H,3-4,9-10H2,1-2H3,(H,13,14)/t6?,7-/m0/s1. The van der Waals surface area contributed by atoms with Crippen molar-refractivity contribution in [2.45, 2.75) is 24.9 Å². The number of rotatable bonds is 6. The topological polar surface area (TPSA) is 105 Å². The van der Waals surface area contributed by atoms with E-state index >= 15 is 0 Å². The maximum Gasteiger partial charge on any atom is 0.320 e. The van der Waals surface area contributed by atoms with Crippen molar-refractivity contribution in [3.8, 4) is 0 Å². The number of aliphatic carboxylic acids is 1. The van der Waals surface area contributed by atoms with Gasteiger partial charge in [0.1, 0.15) is 6.04 Å². The molecule has 0 aliphatic carbocycles. The average Bonchev–Trinajstić information content (AvgIpc) is 2.10. The summed E-state index contributed by atoms with van der Waals surface area (Å²) < 4.78 is 0. The van der Waals surface area contributed by atoms with Crippen molar-refractivity contribution in [2.75, 3.05) is 14.1 Å². The zero-order valence-electron chi connectivity index (χ0n) is 8.55. The van der Waals surface area contributed by atoms with Crippen molar-refractivity contribution < 1.29 is 9.90 Å². The van der Waals surface area contributed by atoms with Gasteiger partial charge in [-0.3, -0.25) is 4.79 Å². The number of carbonyl (C=O) groups is 1. The zero-order valence-corrected chi connectivity index (χ0v) is 8.55.